The molecule has 0 spiro atoms. The number of hydrogen-bond donors (Lipinski definition) is 1. The highest BCUT2D eigenvalue weighted by molar-refractivity contribution is 9.10. The number of halogens is 3. The van der Waals surface area contributed by atoms with Crippen LogP contribution in [0, 0.1) is 20.8 Å². The zero-order valence-electron chi connectivity index (χ0n) is 14.2. The predicted octanol–water partition coefficient (Wildman–Crippen LogP) is 3.92. The molecule has 24 heavy (non-hydrogen) atoms. The molecule has 0 saturated carbocycles. The summed E-state index contributed by atoms with van der Waals surface area (Å²) in [6, 6.07) is -0.738. The van der Waals surface area contributed by atoms with Gasteiger partial charge in [0.25, 0.3) is 6.43 Å². The maximum Gasteiger partial charge on any atom is 0.283 e. The van der Waals surface area contributed by atoms with E-state index >= 15 is 0 Å². The molecule has 0 unspecified atom stereocenters. The lowest BCUT2D eigenvalue weighted by molar-refractivity contribution is -0.119. The molecule has 0 bridgehead atoms. The lowest BCUT2D eigenvalue weighted by Gasteiger charge is -2.15. The van der Waals surface area contributed by atoms with E-state index < -0.39 is 12.5 Å². The van der Waals surface area contributed by atoms with Gasteiger partial charge in [0.05, 0.1) is 27.2 Å². The summed E-state index contributed by atoms with van der Waals surface area (Å²) < 4.78 is 29.2. The number of nitrogens with one attached hydrogen (secondary N) is 1. The number of nitrogens with zero attached hydrogens (tertiary/aromatic N) is 4. The van der Waals surface area contributed by atoms with Gasteiger partial charge in [-0.25, -0.2) is 8.78 Å². The molecule has 9 heteroatoms. The van der Waals surface area contributed by atoms with Crippen molar-refractivity contribution in [2.45, 2.75) is 53.6 Å². The third-order valence-electron chi connectivity index (χ3n) is 3.98. The van der Waals surface area contributed by atoms with E-state index in [2.05, 4.69) is 31.4 Å². The Bertz CT molecular complexity index is 768. The number of carbonyl (C=O) groups is 1. The maximum absolute atomic E-state index is 13.0. The number of hydrogen-bond acceptors (Lipinski definition) is 3. The lowest BCUT2D eigenvalue weighted by atomic mass is 10.2. The SMILES string of the molecule is CCn1nc(C)c(NC(=O)[C@H](C)n2nc(C(F)F)c(Br)c2C)c1C. The van der Waals surface area contributed by atoms with Crippen LogP contribution in [0.1, 0.15) is 49.1 Å². The molecule has 132 valence electrons. The van der Waals surface area contributed by atoms with Crippen molar-refractivity contribution in [1.29, 1.82) is 0 Å². The summed E-state index contributed by atoms with van der Waals surface area (Å²) >= 11 is 3.11. The molecular formula is C15H20BrF2N5O. The van der Waals surface area contributed by atoms with Crippen LogP contribution >= 0.6 is 15.9 Å². The van der Waals surface area contributed by atoms with Crippen molar-refractivity contribution in [1.82, 2.24) is 19.6 Å². The highest BCUT2D eigenvalue weighted by Gasteiger charge is 2.26. The van der Waals surface area contributed by atoms with Crippen LogP contribution in [0.3, 0.4) is 0 Å². The standard InChI is InChI=1S/C15H20BrF2N5O/c1-6-22-9(4)12(7(2)20-22)19-15(24)10(5)23-8(3)11(16)13(21-23)14(17)18/h10,14H,6H2,1-5H3,(H,19,24)/t10-/m0/s1. The third kappa shape index (κ3) is 3.22. The monoisotopic (exact) mass is 403 g/mol. The second-order valence-electron chi connectivity index (χ2n) is 5.56. The van der Waals surface area contributed by atoms with E-state index in [4.69, 9.17) is 0 Å². The molecule has 0 aliphatic rings. The van der Waals surface area contributed by atoms with Crippen molar-refractivity contribution >= 4 is 27.5 Å². The number of aryl methyl sites for hydroxylation is 2. The van der Waals surface area contributed by atoms with E-state index in [1.54, 1.807) is 18.5 Å². The molecule has 6 nitrogen and oxygen atoms in total. The maximum atomic E-state index is 13.0. The fourth-order valence-corrected chi connectivity index (χ4v) is 3.00. The van der Waals surface area contributed by atoms with Crippen LogP contribution in [0.15, 0.2) is 4.47 Å². The second-order valence-corrected chi connectivity index (χ2v) is 6.35. The van der Waals surface area contributed by atoms with E-state index in [1.165, 1.54) is 4.68 Å². The van der Waals surface area contributed by atoms with Gasteiger partial charge in [0.15, 0.2) is 0 Å². The van der Waals surface area contributed by atoms with Crippen LogP contribution in [-0.2, 0) is 11.3 Å². The van der Waals surface area contributed by atoms with Crippen LogP contribution in [0.5, 0.6) is 0 Å². The summed E-state index contributed by atoms with van der Waals surface area (Å²) in [5.41, 5.74) is 2.32. The van der Waals surface area contributed by atoms with Crippen molar-refractivity contribution in [2.75, 3.05) is 5.32 Å². The van der Waals surface area contributed by atoms with Gasteiger partial charge < -0.3 is 5.32 Å². The minimum absolute atomic E-state index is 0.225. The number of alkyl halides is 2. The van der Waals surface area contributed by atoms with Gasteiger partial charge in [-0.3, -0.25) is 14.2 Å². The van der Waals surface area contributed by atoms with E-state index in [1.807, 2.05) is 20.8 Å². The summed E-state index contributed by atoms with van der Waals surface area (Å²) in [6.45, 7) is 9.59. The molecule has 2 rings (SSSR count). The van der Waals surface area contributed by atoms with Gasteiger partial charge in [0.1, 0.15) is 11.7 Å². The Labute approximate surface area is 147 Å². The van der Waals surface area contributed by atoms with E-state index in [0.29, 0.717) is 23.6 Å². The Morgan fingerprint density at radius 3 is 2.33 bits per heavy atom. The highest BCUT2D eigenvalue weighted by Crippen LogP contribution is 2.31. The third-order valence-corrected chi connectivity index (χ3v) is 4.96. The van der Waals surface area contributed by atoms with E-state index in [9.17, 15) is 13.6 Å². The van der Waals surface area contributed by atoms with Gasteiger partial charge in [0.2, 0.25) is 5.91 Å². The Kier molecular flexibility index (Phi) is 5.42. The molecule has 0 fully saturated rings. The van der Waals surface area contributed by atoms with Gasteiger partial charge in [-0.1, -0.05) is 0 Å². The smallest absolute Gasteiger partial charge is 0.283 e. The lowest BCUT2D eigenvalue weighted by Crippen LogP contribution is -2.25. The Morgan fingerprint density at radius 2 is 1.88 bits per heavy atom. The Balaban J connectivity index is 2.28. The highest BCUT2D eigenvalue weighted by atomic mass is 79.9. The molecule has 2 aromatic heterocycles. The Hall–Kier alpha value is -1.77. The normalized spacial score (nSPS) is 12.7. The van der Waals surface area contributed by atoms with Gasteiger partial charge in [0, 0.05) is 6.54 Å². The van der Waals surface area contributed by atoms with Crippen LogP contribution in [-0.4, -0.2) is 25.5 Å². The van der Waals surface area contributed by atoms with Crippen LogP contribution in [0.2, 0.25) is 0 Å². The number of aromatic nitrogens is 4. The van der Waals surface area contributed by atoms with Crippen LogP contribution < -0.4 is 5.32 Å². The van der Waals surface area contributed by atoms with Gasteiger partial charge in [-0.05, 0) is 50.5 Å². The summed E-state index contributed by atoms with van der Waals surface area (Å²) in [4.78, 5) is 12.5. The van der Waals surface area contributed by atoms with Gasteiger partial charge >= 0.3 is 0 Å². The fraction of sp³-hybridized carbons (Fsp3) is 0.533. The van der Waals surface area contributed by atoms with Crippen molar-refractivity contribution < 1.29 is 13.6 Å². The summed E-state index contributed by atoms with van der Waals surface area (Å²) in [6.07, 6.45) is -2.71. The van der Waals surface area contributed by atoms with Crippen LogP contribution in [0.4, 0.5) is 14.5 Å². The minimum atomic E-state index is -2.71. The van der Waals surface area contributed by atoms with E-state index in [0.717, 1.165) is 5.69 Å². The molecule has 2 aromatic rings. The number of anilines is 1. The second kappa shape index (κ2) is 7.00. The number of rotatable bonds is 5. The first-order valence-corrected chi connectivity index (χ1v) is 8.35. The average molecular weight is 404 g/mol. The molecule has 0 aliphatic heterocycles. The quantitative estimate of drug-likeness (QED) is 0.822. The summed E-state index contributed by atoms with van der Waals surface area (Å²) in [7, 11) is 0. The zero-order chi connectivity index (χ0) is 18.2. The molecule has 2 heterocycles. The molecule has 0 aromatic carbocycles. The van der Waals surface area contributed by atoms with Gasteiger partial charge in [-0.15, -0.1) is 0 Å². The first-order valence-electron chi connectivity index (χ1n) is 7.56. The van der Waals surface area contributed by atoms with Crippen molar-refractivity contribution in [3.63, 3.8) is 0 Å². The van der Waals surface area contributed by atoms with Crippen LogP contribution in [0.25, 0.3) is 0 Å². The molecule has 1 N–H and O–H groups in total. The number of amides is 1. The first-order chi connectivity index (χ1) is 11.2. The van der Waals surface area contributed by atoms with E-state index in [-0.39, 0.29) is 16.1 Å². The number of carbonyl (C=O) groups excluding carboxylic acids is 1. The van der Waals surface area contributed by atoms with Crippen molar-refractivity contribution in [2.24, 2.45) is 0 Å². The molecule has 1 atom stereocenters. The fourth-order valence-electron chi connectivity index (χ4n) is 2.56. The van der Waals surface area contributed by atoms with Gasteiger partial charge in [-0.2, -0.15) is 10.2 Å². The molecule has 1 amide bonds. The largest absolute Gasteiger partial charge is 0.321 e. The first kappa shape index (κ1) is 18.6. The van der Waals surface area contributed by atoms with Crippen molar-refractivity contribution in [3.8, 4) is 0 Å². The predicted molar refractivity (Wildman–Crippen MR) is 90.3 cm³/mol. The molecule has 0 aliphatic carbocycles. The molecule has 0 radical (unpaired) electrons. The molecular weight excluding hydrogens is 384 g/mol. The van der Waals surface area contributed by atoms with Crippen molar-refractivity contribution in [3.05, 3.63) is 27.2 Å². The molecule has 0 saturated heterocycles. The summed E-state index contributed by atoms with van der Waals surface area (Å²) in [5, 5.41) is 11.1. The Morgan fingerprint density at radius 1 is 1.25 bits per heavy atom. The topological polar surface area (TPSA) is 64.7 Å². The summed E-state index contributed by atoms with van der Waals surface area (Å²) in [5.74, 6) is -0.337. The average Bonchev–Trinajstić information content (AvgIpc) is 2.98. The minimum Gasteiger partial charge on any atom is -0.321 e. The zero-order valence-corrected chi connectivity index (χ0v) is 15.8.